The third-order valence-corrected chi connectivity index (χ3v) is 6.51. The van der Waals surface area contributed by atoms with Gasteiger partial charge in [-0.3, -0.25) is 0 Å². The summed E-state index contributed by atoms with van der Waals surface area (Å²) in [5, 5.41) is 3.80. The van der Waals surface area contributed by atoms with Crippen LogP contribution in [0.1, 0.15) is 11.4 Å². The first-order valence-corrected chi connectivity index (χ1v) is 9.59. The Kier molecular flexibility index (Phi) is 3.82. The Balaban J connectivity index is 1.72. The lowest BCUT2D eigenvalue weighted by Crippen LogP contribution is -2.40. The van der Waals surface area contributed by atoms with Gasteiger partial charge < -0.3 is 10.2 Å². The van der Waals surface area contributed by atoms with Gasteiger partial charge in [0.2, 0.25) is 0 Å². The van der Waals surface area contributed by atoms with Crippen LogP contribution in [0.3, 0.4) is 0 Å². The van der Waals surface area contributed by atoms with Gasteiger partial charge in [0, 0.05) is 18.8 Å². The number of anilines is 1. The maximum Gasteiger partial charge on any atom is 0.321 e. The maximum absolute atomic E-state index is 12.3. The second kappa shape index (κ2) is 5.51. The van der Waals surface area contributed by atoms with Crippen LogP contribution in [0.5, 0.6) is 0 Å². The molecule has 1 atom stereocenters. The lowest BCUT2D eigenvalue weighted by atomic mass is 10.2. The molecule has 118 valence electrons. The first-order chi connectivity index (χ1) is 10.3. The highest BCUT2D eigenvalue weighted by molar-refractivity contribution is 7.91. The second-order valence-electron chi connectivity index (χ2n) is 5.51. The number of carbonyl (C=O) groups excluding carboxylic acids is 1. The van der Waals surface area contributed by atoms with E-state index >= 15 is 0 Å². The summed E-state index contributed by atoms with van der Waals surface area (Å²) >= 11 is 1.57. The van der Waals surface area contributed by atoms with Crippen molar-refractivity contribution in [3.05, 3.63) is 23.2 Å². The zero-order chi connectivity index (χ0) is 15.9. The minimum absolute atomic E-state index is 0.0456. The van der Waals surface area contributed by atoms with Gasteiger partial charge in [0.05, 0.1) is 26.7 Å². The summed E-state index contributed by atoms with van der Waals surface area (Å²) < 4.78 is 24.0. The van der Waals surface area contributed by atoms with Crippen LogP contribution in [0.15, 0.2) is 18.2 Å². The van der Waals surface area contributed by atoms with Crippen LogP contribution >= 0.6 is 11.3 Å². The van der Waals surface area contributed by atoms with Gasteiger partial charge in [0.1, 0.15) is 0 Å². The van der Waals surface area contributed by atoms with Gasteiger partial charge in [-0.2, -0.15) is 0 Å². The summed E-state index contributed by atoms with van der Waals surface area (Å²) in [5.41, 5.74) is 1.60. The number of sulfone groups is 1. The Hall–Kier alpha value is -1.67. The molecule has 1 fully saturated rings. The van der Waals surface area contributed by atoms with Crippen LogP contribution in [0.2, 0.25) is 0 Å². The van der Waals surface area contributed by atoms with Crippen molar-refractivity contribution in [2.75, 3.05) is 23.9 Å². The van der Waals surface area contributed by atoms with Crippen molar-refractivity contribution in [3.8, 4) is 0 Å². The SMILES string of the molecule is Cc1nc2ccc(NC(=O)N(C)C3CCS(=O)(=O)C3)cc2s1. The van der Waals surface area contributed by atoms with E-state index in [0.29, 0.717) is 12.1 Å². The van der Waals surface area contributed by atoms with E-state index in [0.717, 1.165) is 15.2 Å². The van der Waals surface area contributed by atoms with E-state index in [2.05, 4.69) is 10.3 Å². The quantitative estimate of drug-likeness (QED) is 0.910. The number of aromatic nitrogens is 1. The predicted molar refractivity (Wildman–Crippen MR) is 88.2 cm³/mol. The number of rotatable bonds is 2. The highest BCUT2D eigenvalue weighted by Crippen LogP contribution is 2.25. The highest BCUT2D eigenvalue weighted by Gasteiger charge is 2.32. The van der Waals surface area contributed by atoms with E-state index in [9.17, 15) is 13.2 Å². The number of nitrogens with one attached hydrogen (secondary N) is 1. The average Bonchev–Trinajstić information content (AvgIpc) is 2.98. The van der Waals surface area contributed by atoms with Crippen LogP contribution in [0, 0.1) is 6.92 Å². The zero-order valence-electron chi connectivity index (χ0n) is 12.4. The molecular weight excluding hydrogens is 322 g/mol. The minimum atomic E-state index is -3.00. The van der Waals surface area contributed by atoms with Gasteiger partial charge in [-0.1, -0.05) is 0 Å². The van der Waals surface area contributed by atoms with Crippen molar-refractivity contribution in [3.63, 3.8) is 0 Å². The fraction of sp³-hybridized carbons (Fsp3) is 0.429. The van der Waals surface area contributed by atoms with Crippen molar-refractivity contribution in [1.29, 1.82) is 0 Å². The Bertz CT molecular complexity index is 829. The number of aryl methyl sites for hydroxylation is 1. The van der Waals surface area contributed by atoms with Crippen LogP contribution in [-0.4, -0.2) is 48.9 Å². The molecule has 1 N–H and O–H groups in total. The van der Waals surface area contributed by atoms with E-state index in [4.69, 9.17) is 0 Å². The molecule has 6 nitrogen and oxygen atoms in total. The summed E-state index contributed by atoms with van der Waals surface area (Å²) in [6.07, 6.45) is 0.499. The molecule has 1 unspecified atom stereocenters. The molecule has 1 aromatic heterocycles. The lowest BCUT2D eigenvalue weighted by molar-refractivity contribution is 0.209. The molecule has 1 aliphatic heterocycles. The van der Waals surface area contributed by atoms with Crippen molar-refractivity contribution >= 4 is 43.1 Å². The van der Waals surface area contributed by atoms with E-state index < -0.39 is 9.84 Å². The molecule has 1 aromatic carbocycles. The summed E-state index contributed by atoms with van der Waals surface area (Å²) in [6.45, 7) is 1.94. The molecule has 0 bridgehead atoms. The van der Waals surface area contributed by atoms with Crippen LogP contribution < -0.4 is 5.32 Å². The van der Waals surface area contributed by atoms with Crippen LogP contribution in [-0.2, 0) is 9.84 Å². The molecule has 0 aliphatic carbocycles. The summed E-state index contributed by atoms with van der Waals surface area (Å²) in [5.74, 6) is 0.200. The minimum Gasteiger partial charge on any atom is -0.324 e. The number of urea groups is 1. The Morgan fingerprint density at radius 3 is 2.91 bits per heavy atom. The molecule has 0 radical (unpaired) electrons. The molecule has 22 heavy (non-hydrogen) atoms. The van der Waals surface area contributed by atoms with Gasteiger partial charge in [-0.15, -0.1) is 11.3 Å². The Morgan fingerprint density at radius 1 is 1.45 bits per heavy atom. The number of fused-ring (bicyclic) bond motifs is 1. The normalized spacial score (nSPS) is 20.2. The number of nitrogens with zero attached hydrogens (tertiary/aromatic N) is 2. The molecular formula is C14H17N3O3S2. The van der Waals surface area contributed by atoms with E-state index in [1.165, 1.54) is 4.90 Å². The van der Waals surface area contributed by atoms with Gasteiger partial charge in [-0.25, -0.2) is 18.2 Å². The van der Waals surface area contributed by atoms with Gasteiger partial charge in [-0.05, 0) is 31.5 Å². The van der Waals surface area contributed by atoms with Crippen molar-refractivity contribution < 1.29 is 13.2 Å². The summed E-state index contributed by atoms with van der Waals surface area (Å²) in [7, 11) is -1.37. The summed E-state index contributed by atoms with van der Waals surface area (Å²) in [6, 6.07) is 5.02. The third kappa shape index (κ3) is 3.07. The molecule has 8 heteroatoms. The molecule has 0 spiro atoms. The average molecular weight is 339 g/mol. The topological polar surface area (TPSA) is 79.4 Å². The second-order valence-corrected chi connectivity index (χ2v) is 8.98. The van der Waals surface area contributed by atoms with Crippen molar-refractivity contribution in [2.24, 2.45) is 0 Å². The first-order valence-electron chi connectivity index (χ1n) is 6.95. The number of benzene rings is 1. The predicted octanol–water partition coefficient (Wildman–Crippen LogP) is 2.26. The number of amides is 2. The maximum atomic E-state index is 12.3. The largest absolute Gasteiger partial charge is 0.324 e. The number of thiazole rings is 1. The summed E-state index contributed by atoms with van der Waals surface area (Å²) in [4.78, 5) is 18.1. The fourth-order valence-electron chi connectivity index (χ4n) is 2.58. The monoisotopic (exact) mass is 339 g/mol. The smallest absolute Gasteiger partial charge is 0.321 e. The van der Waals surface area contributed by atoms with Gasteiger partial charge in [0.25, 0.3) is 0 Å². The number of hydrogen-bond acceptors (Lipinski definition) is 5. The lowest BCUT2D eigenvalue weighted by Gasteiger charge is -2.23. The molecule has 2 amide bonds. The van der Waals surface area contributed by atoms with Gasteiger partial charge >= 0.3 is 6.03 Å². The number of carbonyl (C=O) groups is 1. The van der Waals surface area contributed by atoms with E-state index in [1.807, 2.05) is 19.1 Å². The Labute approximate surface area is 133 Å². The molecule has 0 saturated carbocycles. The molecule has 2 aromatic rings. The first kappa shape index (κ1) is 15.2. The van der Waals surface area contributed by atoms with Gasteiger partial charge in [0.15, 0.2) is 9.84 Å². The third-order valence-electron chi connectivity index (χ3n) is 3.82. The molecule has 1 saturated heterocycles. The molecule has 1 aliphatic rings. The van der Waals surface area contributed by atoms with Crippen molar-refractivity contribution in [1.82, 2.24) is 9.88 Å². The zero-order valence-corrected chi connectivity index (χ0v) is 14.0. The molecule has 2 heterocycles. The van der Waals surface area contributed by atoms with E-state index in [1.54, 1.807) is 24.5 Å². The molecule has 3 rings (SSSR count). The Morgan fingerprint density at radius 2 is 2.23 bits per heavy atom. The highest BCUT2D eigenvalue weighted by atomic mass is 32.2. The standard InChI is InChI=1S/C14H17N3O3S2/c1-9-15-12-4-3-10(7-13(12)21-9)16-14(18)17(2)11-5-6-22(19,20)8-11/h3-4,7,11H,5-6,8H2,1-2H3,(H,16,18). The fourth-order valence-corrected chi connectivity index (χ4v) is 5.22. The van der Waals surface area contributed by atoms with Crippen LogP contribution in [0.25, 0.3) is 10.2 Å². The van der Waals surface area contributed by atoms with Crippen molar-refractivity contribution in [2.45, 2.75) is 19.4 Å². The number of hydrogen-bond donors (Lipinski definition) is 1. The van der Waals surface area contributed by atoms with E-state index in [-0.39, 0.29) is 23.6 Å². The van der Waals surface area contributed by atoms with Crippen LogP contribution in [0.4, 0.5) is 10.5 Å².